The molecule has 0 unspecified atom stereocenters. The smallest absolute Gasteiger partial charge is 0.236 e. The summed E-state index contributed by atoms with van der Waals surface area (Å²) in [4.78, 5) is 33.0. The van der Waals surface area contributed by atoms with Crippen LogP contribution in [0.15, 0.2) is 48.8 Å². The van der Waals surface area contributed by atoms with E-state index in [1.54, 1.807) is 12.4 Å². The summed E-state index contributed by atoms with van der Waals surface area (Å²) in [5, 5.41) is 5.61. The molecule has 0 radical (unpaired) electrons. The molecule has 2 heterocycles. The van der Waals surface area contributed by atoms with Crippen molar-refractivity contribution >= 4 is 11.8 Å². The van der Waals surface area contributed by atoms with E-state index in [4.69, 9.17) is 0 Å². The Morgan fingerprint density at radius 1 is 0.870 bits per heavy atom. The molecule has 0 spiro atoms. The highest BCUT2D eigenvalue weighted by atomic mass is 16.2. The molecule has 2 aromatic rings. The summed E-state index contributed by atoms with van der Waals surface area (Å²) < 4.78 is 0. The highest BCUT2D eigenvalue weighted by Crippen LogP contribution is 2.46. The standard InChI is InChI=1S/C17H18N4O2/c22-15(20-11-13-5-1-3-9-18-13)17(7-8-17)16(23)21-12-14-6-2-4-10-19-14/h1-6,9-10H,7-8,11-12H2,(H,20,22)(H,21,23). The molecule has 6 nitrogen and oxygen atoms in total. The van der Waals surface area contributed by atoms with E-state index in [0.29, 0.717) is 25.9 Å². The predicted molar refractivity (Wildman–Crippen MR) is 83.8 cm³/mol. The van der Waals surface area contributed by atoms with Crippen LogP contribution in [0.2, 0.25) is 0 Å². The molecule has 1 saturated carbocycles. The lowest BCUT2D eigenvalue weighted by atomic mass is 10.1. The Morgan fingerprint density at radius 3 is 1.70 bits per heavy atom. The zero-order valence-electron chi connectivity index (χ0n) is 12.7. The summed E-state index contributed by atoms with van der Waals surface area (Å²) in [6.45, 7) is 0.657. The van der Waals surface area contributed by atoms with Crippen LogP contribution in [0.5, 0.6) is 0 Å². The van der Waals surface area contributed by atoms with Gasteiger partial charge in [-0.25, -0.2) is 0 Å². The van der Waals surface area contributed by atoms with Gasteiger partial charge >= 0.3 is 0 Å². The normalized spacial score (nSPS) is 14.8. The topological polar surface area (TPSA) is 84.0 Å². The molecule has 3 rings (SSSR count). The molecule has 2 N–H and O–H groups in total. The lowest BCUT2D eigenvalue weighted by molar-refractivity contribution is -0.137. The first-order valence-corrected chi connectivity index (χ1v) is 7.57. The number of aromatic nitrogens is 2. The van der Waals surface area contributed by atoms with Gasteiger partial charge in [0, 0.05) is 12.4 Å². The van der Waals surface area contributed by atoms with E-state index in [0.717, 1.165) is 11.4 Å². The third kappa shape index (κ3) is 3.53. The van der Waals surface area contributed by atoms with Gasteiger partial charge in [-0.05, 0) is 37.1 Å². The number of nitrogens with zero attached hydrogens (tertiary/aromatic N) is 2. The molecule has 1 aliphatic rings. The van der Waals surface area contributed by atoms with Crippen LogP contribution in [0, 0.1) is 5.41 Å². The summed E-state index contributed by atoms with van der Waals surface area (Å²) in [6.07, 6.45) is 4.51. The lowest BCUT2D eigenvalue weighted by Crippen LogP contribution is -2.42. The molecule has 2 amide bonds. The van der Waals surface area contributed by atoms with Crippen molar-refractivity contribution in [1.29, 1.82) is 0 Å². The molecular weight excluding hydrogens is 292 g/mol. The largest absolute Gasteiger partial charge is 0.350 e. The number of hydrogen-bond acceptors (Lipinski definition) is 4. The van der Waals surface area contributed by atoms with Crippen LogP contribution in [-0.4, -0.2) is 21.8 Å². The average molecular weight is 310 g/mol. The third-order valence-electron chi connectivity index (χ3n) is 3.93. The second kappa shape index (κ2) is 6.56. The summed E-state index contributed by atoms with van der Waals surface area (Å²) in [5.41, 5.74) is 0.611. The van der Waals surface area contributed by atoms with Crippen molar-refractivity contribution in [3.05, 3.63) is 60.2 Å². The molecule has 6 heteroatoms. The molecule has 1 aliphatic carbocycles. The van der Waals surface area contributed by atoms with Crippen LogP contribution < -0.4 is 10.6 Å². The zero-order chi connectivity index (χ0) is 16.1. The van der Waals surface area contributed by atoms with E-state index in [2.05, 4.69) is 20.6 Å². The Balaban J connectivity index is 1.53. The van der Waals surface area contributed by atoms with E-state index in [9.17, 15) is 9.59 Å². The van der Waals surface area contributed by atoms with Crippen molar-refractivity contribution in [1.82, 2.24) is 20.6 Å². The van der Waals surface area contributed by atoms with Crippen molar-refractivity contribution in [2.75, 3.05) is 0 Å². The van der Waals surface area contributed by atoms with Gasteiger partial charge in [-0.2, -0.15) is 0 Å². The number of carbonyl (C=O) groups excluding carboxylic acids is 2. The second-order valence-electron chi connectivity index (χ2n) is 5.59. The molecule has 0 atom stereocenters. The predicted octanol–water partition coefficient (Wildman–Crippen LogP) is 1.19. The van der Waals surface area contributed by atoms with Gasteiger partial charge in [0.2, 0.25) is 11.8 Å². The molecule has 0 bridgehead atoms. The van der Waals surface area contributed by atoms with Crippen molar-refractivity contribution in [2.24, 2.45) is 5.41 Å². The van der Waals surface area contributed by atoms with Gasteiger partial charge in [-0.3, -0.25) is 19.6 Å². The van der Waals surface area contributed by atoms with Crippen molar-refractivity contribution in [2.45, 2.75) is 25.9 Å². The van der Waals surface area contributed by atoms with Gasteiger partial charge in [-0.15, -0.1) is 0 Å². The maximum atomic E-state index is 12.3. The minimum Gasteiger partial charge on any atom is -0.350 e. The van der Waals surface area contributed by atoms with E-state index in [-0.39, 0.29) is 11.8 Å². The van der Waals surface area contributed by atoms with Crippen molar-refractivity contribution in [3.8, 4) is 0 Å². The van der Waals surface area contributed by atoms with Gasteiger partial charge in [-0.1, -0.05) is 12.1 Å². The van der Waals surface area contributed by atoms with E-state index >= 15 is 0 Å². The highest BCUT2D eigenvalue weighted by Gasteiger charge is 2.56. The highest BCUT2D eigenvalue weighted by molar-refractivity contribution is 6.07. The van der Waals surface area contributed by atoms with E-state index < -0.39 is 5.41 Å². The third-order valence-corrected chi connectivity index (χ3v) is 3.93. The lowest BCUT2D eigenvalue weighted by Gasteiger charge is -2.15. The fraction of sp³-hybridized carbons (Fsp3) is 0.294. The second-order valence-corrected chi connectivity index (χ2v) is 5.59. The van der Waals surface area contributed by atoms with Crippen LogP contribution >= 0.6 is 0 Å². The SMILES string of the molecule is O=C(NCc1ccccn1)C1(C(=O)NCc2ccccn2)CC1. The van der Waals surface area contributed by atoms with Gasteiger partial charge in [0.1, 0.15) is 5.41 Å². The van der Waals surface area contributed by atoms with Gasteiger partial charge < -0.3 is 10.6 Å². The summed E-state index contributed by atoms with van der Waals surface area (Å²) in [7, 11) is 0. The van der Waals surface area contributed by atoms with Crippen molar-refractivity contribution in [3.63, 3.8) is 0 Å². The number of rotatable bonds is 6. The van der Waals surface area contributed by atoms with Gasteiger partial charge in [0.15, 0.2) is 0 Å². The Bertz CT molecular complexity index is 627. The van der Waals surface area contributed by atoms with Crippen LogP contribution in [0.25, 0.3) is 0 Å². The maximum absolute atomic E-state index is 12.3. The molecular formula is C17H18N4O2. The first kappa shape index (κ1) is 15.1. The van der Waals surface area contributed by atoms with E-state index in [1.165, 1.54) is 0 Å². The number of amides is 2. The Hall–Kier alpha value is -2.76. The number of carbonyl (C=O) groups is 2. The maximum Gasteiger partial charge on any atom is 0.236 e. The minimum atomic E-state index is -0.927. The molecule has 0 aliphatic heterocycles. The fourth-order valence-corrected chi connectivity index (χ4v) is 2.37. The molecule has 118 valence electrons. The van der Waals surface area contributed by atoms with E-state index in [1.807, 2.05) is 36.4 Å². The van der Waals surface area contributed by atoms with Gasteiger partial charge in [0.25, 0.3) is 0 Å². The summed E-state index contributed by atoms with van der Waals surface area (Å²) in [5.74, 6) is -0.469. The molecule has 23 heavy (non-hydrogen) atoms. The average Bonchev–Trinajstić information content (AvgIpc) is 3.41. The van der Waals surface area contributed by atoms with Crippen LogP contribution in [0.3, 0.4) is 0 Å². The van der Waals surface area contributed by atoms with Crippen LogP contribution in [0.4, 0.5) is 0 Å². The monoisotopic (exact) mass is 310 g/mol. The Labute approximate surface area is 134 Å². The molecule has 2 aromatic heterocycles. The number of hydrogen-bond donors (Lipinski definition) is 2. The summed E-state index contributed by atoms with van der Waals surface area (Å²) >= 11 is 0. The van der Waals surface area contributed by atoms with Crippen LogP contribution in [0.1, 0.15) is 24.2 Å². The minimum absolute atomic E-state index is 0.235. The Morgan fingerprint density at radius 2 is 1.35 bits per heavy atom. The molecule has 0 saturated heterocycles. The first-order chi connectivity index (χ1) is 11.2. The Kier molecular flexibility index (Phi) is 4.32. The summed E-state index contributed by atoms with van der Waals surface area (Å²) in [6, 6.07) is 11.0. The van der Waals surface area contributed by atoms with Crippen LogP contribution in [-0.2, 0) is 22.7 Å². The van der Waals surface area contributed by atoms with Crippen molar-refractivity contribution < 1.29 is 9.59 Å². The first-order valence-electron chi connectivity index (χ1n) is 7.57. The number of pyridine rings is 2. The molecule has 1 fully saturated rings. The zero-order valence-corrected chi connectivity index (χ0v) is 12.7. The van der Waals surface area contributed by atoms with Gasteiger partial charge in [0.05, 0.1) is 24.5 Å². The number of nitrogens with one attached hydrogen (secondary N) is 2. The molecule has 0 aromatic carbocycles. The quantitative estimate of drug-likeness (QED) is 0.785. The fourth-order valence-electron chi connectivity index (χ4n) is 2.37.